The van der Waals surface area contributed by atoms with Gasteiger partial charge in [-0.1, -0.05) is 29.3 Å². The molecule has 2 aromatic rings. The standard InChI is InChI=1S/C13H13Cl2NO2S/c1-13(2,3)18-16-12(17)11-10(15)8-5-4-7(14)6-9(8)19-11/h4-6H,1-3H3,(H,16,17). The number of carbonyl (C=O) groups is 1. The van der Waals surface area contributed by atoms with Crippen molar-refractivity contribution in [3.8, 4) is 0 Å². The molecule has 0 saturated heterocycles. The molecule has 0 radical (unpaired) electrons. The second-order valence-electron chi connectivity index (χ2n) is 5.03. The highest BCUT2D eigenvalue weighted by Crippen LogP contribution is 2.36. The summed E-state index contributed by atoms with van der Waals surface area (Å²) in [5, 5.41) is 1.85. The van der Waals surface area contributed by atoms with Crippen LogP contribution in [0.1, 0.15) is 30.4 Å². The summed E-state index contributed by atoms with van der Waals surface area (Å²) >= 11 is 13.4. The average molecular weight is 318 g/mol. The van der Waals surface area contributed by atoms with Crippen molar-refractivity contribution in [1.29, 1.82) is 0 Å². The largest absolute Gasteiger partial charge is 0.286 e. The Bertz CT molecular complexity index is 631. The van der Waals surface area contributed by atoms with E-state index in [1.165, 1.54) is 11.3 Å². The van der Waals surface area contributed by atoms with Gasteiger partial charge in [0.15, 0.2) is 0 Å². The van der Waals surface area contributed by atoms with E-state index < -0.39 is 5.60 Å². The Kier molecular flexibility index (Phi) is 4.06. The third-order valence-corrected chi connectivity index (χ3v) is 4.14. The first-order valence-corrected chi connectivity index (χ1v) is 7.21. The minimum Gasteiger partial charge on any atom is -0.268 e. The number of hydrogen-bond acceptors (Lipinski definition) is 3. The van der Waals surface area contributed by atoms with Gasteiger partial charge in [0.1, 0.15) is 4.88 Å². The molecule has 1 aromatic carbocycles. The molecule has 0 fully saturated rings. The van der Waals surface area contributed by atoms with Crippen LogP contribution in [0.4, 0.5) is 0 Å². The van der Waals surface area contributed by atoms with Crippen LogP contribution in [0, 0.1) is 0 Å². The first-order valence-electron chi connectivity index (χ1n) is 5.64. The molecule has 3 nitrogen and oxygen atoms in total. The molecule has 0 bridgehead atoms. The van der Waals surface area contributed by atoms with Crippen molar-refractivity contribution in [3.05, 3.63) is 33.1 Å². The lowest BCUT2D eigenvalue weighted by atomic mass is 10.2. The van der Waals surface area contributed by atoms with Crippen LogP contribution in [0.3, 0.4) is 0 Å². The topological polar surface area (TPSA) is 38.3 Å². The van der Waals surface area contributed by atoms with Crippen LogP contribution in [-0.4, -0.2) is 11.5 Å². The number of hydroxylamine groups is 1. The Morgan fingerprint density at radius 2 is 2.00 bits per heavy atom. The Morgan fingerprint density at radius 3 is 2.63 bits per heavy atom. The van der Waals surface area contributed by atoms with Gasteiger partial charge < -0.3 is 0 Å². The molecule has 0 atom stereocenters. The molecular formula is C13H13Cl2NO2S. The minimum absolute atomic E-state index is 0.350. The number of benzene rings is 1. The van der Waals surface area contributed by atoms with Crippen LogP contribution < -0.4 is 5.48 Å². The third-order valence-electron chi connectivity index (χ3n) is 2.25. The van der Waals surface area contributed by atoms with Crippen LogP contribution in [0.2, 0.25) is 10.0 Å². The van der Waals surface area contributed by atoms with E-state index in [0.717, 1.165) is 10.1 Å². The second-order valence-corrected chi connectivity index (χ2v) is 6.90. The quantitative estimate of drug-likeness (QED) is 0.817. The lowest BCUT2D eigenvalue weighted by Gasteiger charge is -2.18. The highest BCUT2D eigenvalue weighted by Gasteiger charge is 2.19. The number of carbonyl (C=O) groups excluding carboxylic acids is 1. The van der Waals surface area contributed by atoms with Crippen LogP contribution >= 0.6 is 34.5 Å². The molecule has 0 unspecified atom stereocenters. The van der Waals surface area contributed by atoms with Crippen molar-refractivity contribution in [2.24, 2.45) is 0 Å². The predicted molar refractivity (Wildman–Crippen MR) is 80.1 cm³/mol. The molecule has 6 heteroatoms. The van der Waals surface area contributed by atoms with E-state index in [9.17, 15) is 4.79 Å². The van der Waals surface area contributed by atoms with E-state index >= 15 is 0 Å². The predicted octanol–water partition coefficient (Wildman–Crippen LogP) is 4.67. The molecule has 1 N–H and O–H groups in total. The molecule has 0 spiro atoms. The molecule has 19 heavy (non-hydrogen) atoms. The summed E-state index contributed by atoms with van der Waals surface area (Å²) in [5.74, 6) is -0.350. The Labute approximate surface area is 125 Å². The Morgan fingerprint density at radius 1 is 1.32 bits per heavy atom. The molecule has 1 heterocycles. The van der Waals surface area contributed by atoms with Crippen LogP contribution in [0.15, 0.2) is 18.2 Å². The fraction of sp³-hybridized carbons (Fsp3) is 0.308. The van der Waals surface area contributed by atoms with E-state index in [0.29, 0.717) is 14.9 Å². The van der Waals surface area contributed by atoms with Crippen molar-refractivity contribution in [2.75, 3.05) is 0 Å². The molecule has 0 saturated carbocycles. The number of fused-ring (bicyclic) bond motifs is 1. The number of thiophene rings is 1. The van der Waals surface area contributed by atoms with Crippen LogP contribution in [0.25, 0.3) is 10.1 Å². The molecule has 1 aromatic heterocycles. The monoisotopic (exact) mass is 317 g/mol. The lowest BCUT2D eigenvalue weighted by Crippen LogP contribution is -2.33. The summed E-state index contributed by atoms with van der Waals surface area (Å²) < 4.78 is 0.874. The van der Waals surface area contributed by atoms with Gasteiger partial charge >= 0.3 is 0 Å². The number of nitrogens with one attached hydrogen (secondary N) is 1. The highest BCUT2D eigenvalue weighted by atomic mass is 35.5. The fourth-order valence-electron chi connectivity index (χ4n) is 1.43. The maximum atomic E-state index is 12.0. The normalized spacial score (nSPS) is 11.8. The van der Waals surface area contributed by atoms with Crippen LogP contribution in [0.5, 0.6) is 0 Å². The zero-order valence-corrected chi connectivity index (χ0v) is 13.0. The second kappa shape index (κ2) is 5.29. The van der Waals surface area contributed by atoms with Crippen molar-refractivity contribution in [1.82, 2.24) is 5.48 Å². The van der Waals surface area contributed by atoms with Crippen molar-refractivity contribution >= 4 is 50.5 Å². The number of hydrogen-bond donors (Lipinski definition) is 1. The lowest BCUT2D eigenvalue weighted by molar-refractivity contribution is -0.0588. The number of rotatable bonds is 2. The van der Waals surface area contributed by atoms with Crippen molar-refractivity contribution < 1.29 is 9.63 Å². The zero-order chi connectivity index (χ0) is 14.2. The van der Waals surface area contributed by atoms with E-state index in [1.807, 2.05) is 20.8 Å². The fourth-order valence-corrected chi connectivity index (χ4v) is 3.11. The van der Waals surface area contributed by atoms with Gasteiger partial charge in [-0.3, -0.25) is 9.63 Å². The SMILES string of the molecule is CC(C)(C)ONC(=O)c1sc2cc(Cl)ccc2c1Cl. The van der Waals surface area contributed by atoms with Gasteiger partial charge in [-0.15, -0.1) is 11.3 Å². The van der Waals surface area contributed by atoms with E-state index in [4.69, 9.17) is 28.0 Å². The molecule has 1 amide bonds. The third kappa shape index (κ3) is 3.39. The molecule has 0 aliphatic heterocycles. The molecular weight excluding hydrogens is 305 g/mol. The maximum absolute atomic E-state index is 12.0. The summed E-state index contributed by atoms with van der Waals surface area (Å²) in [6.45, 7) is 5.54. The van der Waals surface area contributed by atoms with Gasteiger partial charge in [0.05, 0.1) is 10.6 Å². The number of amides is 1. The van der Waals surface area contributed by atoms with Gasteiger partial charge in [0, 0.05) is 15.1 Å². The summed E-state index contributed by atoms with van der Waals surface area (Å²) in [5.41, 5.74) is 1.95. The number of halogens is 2. The summed E-state index contributed by atoms with van der Waals surface area (Å²) in [4.78, 5) is 17.7. The first kappa shape index (κ1) is 14.6. The maximum Gasteiger partial charge on any atom is 0.286 e. The van der Waals surface area contributed by atoms with Crippen molar-refractivity contribution in [2.45, 2.75) is 26.4 Å². The molecule has 0 aliphatic rings. The van der Waals surface area contributed by atoms with Crippen molar-refractivity contribution in [3.63, 3.8) is 0 Å². The summed E-state index contributed by atoms with van der Waals surface area (Å²) in [6, 6.07) is 5.34. The smallest absolute Gasteiger partial charge is 0.268 e. The minimum atomic E-state index is -0.456. The zero-order valence-electron chi connectivity index (χ0n) is 10.7. The summed E-state index contributed by atoms with van der Waals surface area (Å²) in [7, 11) is 0. The van der Waals surface area contributed by atoms with E-state index in [1.54, 1.807) is 18.2 Å². The van der Waals surface area contributed by atoms with Gasteiger partial charge in [0.2, 0.25) is 0 Å². The van der Waals surface area contributed by atoms with E-state index in [2.05, 4.69) is 5.48 Å². The van der Waals surface area contributed by atoms with Gasteiger partial charge in [-0.25, -0.2) is 5.48 Å². The Hall–Kier alpha value is -0.810. The average Bonchev–Trinajstić information content (AvgIpc) is 2.62. The van der Waals surface area contributed by atoms with Gasteiger partial charge in [-0.05, 0) is 32.9 Å². The molecule has 2 rings (SSSR count). The van der Waals surface area contributed by atoms with Crippen LogP contribution in [-0.2, 0) is 4.84 Å². The van der Waals surface area contributed by atoms with Gasteiger partial charge in [0.25, 0.3) is 5.91 Å². The molecule has 102 valence electrons. The Balaban J connectivity index is 2.30. The first-order chi connectivity index (χ1) is 8.78. The molecule has 0 aliphatic carbocycles. The highest BCUT2D eigenvalue weighted by molar-refractivity contribution is 7.21. The van der Waals surface area contributed by atoms with E-state index in [-0.39, 0.29) is 5.91 Å². The van der Waals surface area contributed by atoms with Gasteiger partial charge in [-0.2, -0.15) is 0 Å². The summed E-state index contributed by atoms with van der Waals surface area (Å²) in [6.07, 6.45) is 0.